The molecule has 0 N–H and O–H groups in total. The van der Waals surface area contributed by atoms with Gasteiger partial charge in [-0.3, -0.25) is 0 Å². The smallest absolute Gasteiger partial charge is 0.0534 e. The summed E-state index contributed by atoms with van der Waals surface area (Å²) in [6.07, 6.45) is 1.06. The number of hydrogen-bond donors (Lipinski definition) is 0. The van der Waals surface area contributed by atoms with Crippen molar-refractivity contribution in [3.05, 3.63) is 65.9 Å². The van der Waals surface area contributed by atoms with E-state index < -0.39 is 0 Å². The van der Waals surface area contributed by atoms with Gasteiger partial charge in [0, 0.05) is 29.7 Å². The topological polar surface area (TPSA) is 8.17 Å². The number of aryl methyl sites for hydroxylation is 1. The van der Waals surface area contributed by atoms with Crippen LogP contribution < -0.4 is 0 Å². The summed E-state index contributed by atoms with van der Waals surface area (Å²) in [5.74, 6) is 0. The monoisotopic (exact) mass is 278 g/mol. The van der Waals surface area contributed by atoms with E-state index in [0.29, 0.717) is 0 Å². The molecule has 2 aromatic carbocycles. The van der Waals surface area contributed by atoms with Crippen LogP contribution in [0.1, 0.15) is 11.3 Å². The molecule has 0 amide bonds. The summed E-state index contributed by atoms with van der Waals surface area (Å²) < 4.78 is 2.41. The van der Waals surface area contributed by atoms with Gasteiger partial charge in [-0.25, -0.2) is 0 Å². The largest absolute Gasteiger partial charge is 0.313 e. The second-order valence-electron chi connectivity index (χ2n) is 5.81. The standard InChI is InChI=1S/C19H22N2/c1-15-17-11-7-8-12-19(17)21(16-9-5-4-6-10-16)18(15)13-14-20(2)3/h4-12H,13-14H2,1-3H3. The normalized spacial score (nSPS) is 11.4. The number of fused-ring (bicyclic) bond motifs is 1. The molecular formula is C19H22N2. The molecule has 1 aromatic heterocycles. The Kier molecular flexibility index (Phi) is 3.80. The van der Waals surface area contributed by atoms with Crippen LogP contribution in [0.15, 0.2) is 54.6 Å². The minimum atomic E-state index is 1.06. The summed E-state index contributed by atoms with van der Waals surface area (Å²) >= 11 is 0. The third kappa shape index (κ3) is 2.59. The molecule has 0 aliphatic carbocycles. The van der Waals surface area contributed by atoms with Crippen molar-refractivity contribution in [2.24, 2.45) is 0 Å². The van der Waals surface area contributed by atoms with Gasteiger partial charge in [-0.2, -0.15) is 0 Å². The molecule has 0 fully saturated rings. The zero-order valence-electron chi connectivity index (χ0n) is 13.0. The second kappa shape index (κ2) is 5.74. The highest BCUT2D eigenvalue weighted by Crippen LogP contribution is 2.29. The highest BCUT2D eigenvalue weighted by molar-refractivity contribution is 5.87. The predicted octanol–water partition coefficient (Wildman–Crippen LogP) is 4.04. The molecule has 0 unspecified atom stereocenters. The van der Waals surface area contributed by atoms with Gasteiger partial charge in [0.25, 0.3) is 0 Å². The lowest BCUT2D eigenvalue weighted by molar-refractivity contribution is 0.410. The molecule has 108 valence electrons. The van der Waals surface area contributed by atoms with Crippen LogP contribution in [-0.4, -0.2) is 30.1 Å². The Hall–Kier alpha value is -2.06. The molecule has 1 heterocycles. The molecular weight excluding hydrogens is 256 g/mol. The predicted molar refractivity (Wildman–Crippen MR) is 90.3 cm³/mol. The Morgan fingerprint density at radius 3 is 2.29 bits per heavy atom. The van der Waals surface area contributed by atoms with E-state index in [4.69, 9.17) is 0 Å². The maximum absolute atomic E-state index is 2.41. The Labute approximate surface area is 126 Å². The van der Waals surface area contributed by atoms with Gasteiger partial charge in [-0.1, -0.05) is 36.4 Å². The Morgan fingerprint density at radius 1 is 0.905 bits per heavy atom. The molecule has 0 saturated heterocycles. The fraction of sp³-hybridized carbons (Fsp3) is 0.263. The molecule has 3 rings (SSSR count). The van der Waals surface area contributed by atoms with Gasteiger partial charge in [0.1, 0.15) is 0 Å². The number of hydrogen-bond acceptors (Lipinski definition) is 1. The number of para-hydroxylation sites is 2. The number of aromatic nitrogens is 1. The van der Waals surface area contributed by atoms with Gasteiger partial charge in [-0.15, -0.1) is 0 Å². The molecule has 0 spiro atoms. The SMILES string of the molecule is Cc1c(CCN(C)C)n(-c2ccccc2)c2ccccc12. The summed E-state index contributed by atoms with van der Waals surface area (Å²) in [6, 6.07) is 19.3. The van der Waals surface area contributed by atoms with Gasteiger partial charge in [0.05, 0.1) is 5.52 Å². The van der Waals surface area contributed by atoms with E-state index in [1.165, 1.54) is 27.8 Å². The van der Waals surface area contributed by atoms with Gasteiger partial charge in [-0.05, 0) is 44.8 Å². The van der Waals surface area contributed by atoms with Crippen molar-refractivity contribution in [3.8, 4) is 5.69 Å². The molecule has 0 aliphatic heterocycles. The second-order valence-corrected chi connectivity index (χ2v) is 5.81. The molecule has 3 aromatic rings. The zero-order valence-corrected chi connectivity index (χ0v) is 13.0. The van der Waals surface area contributed by atoms with Crippen molar-refractivity contribution in [1.29, 1.82) is 0 Å². The summed E-state index contributed by atoms with van der Waals surface area (Å²) in [7, 11) is 4.26. The third-order valence-corrected chi connectivity index (χ3v) is 4.06. The number of nitrogens with zero attached hydrogens (tertiary/aromatic N) is 2. The highest BCUT2D eigenvalue weighted by atomic mass is 15.1. The zero-order chi connectivity index (χ0) is 14.8. The van der Waals surface area contributed by atoms with E-state index in [2.05, 4.69) is 85.1 Å². The van der Waals surface area contributed by atoms with Crippen LogP contribution in [0.2, 0.25) is 0 Å². The first-order valence-corrected chi connectivity index (χ1v) is 7.47. The Bertz CT molecular complexity index is 739. The third-order valence-electron chi connectivity index (χ3n) is 4.06. The first-order valence-electron chi connectivity index (χ1n) is 7.47. The quantitative estimate of drug-likeness (QED) is 0.699. The van der Waals surface area contributed by atoms with Crippen LogP contribution in [-0.2, 0) is 6.42 Å². The van der Waals surface area contributed by atoms with E-state index in [9.17, 15) is 0 Å². The van der Waals surface area contributed by atoms with Gasteiger partial charge < -0.3 is 9.47 Å². The maximum Gasteiger partial charge on any atom is 0.0534 e. The fourth-order valence-corrected chi connectivity index (χ4v) is 2.96. The lowest BCUT2D eigenvalue weighted by Crippen LogP contribution is -2.17. The average molecular weight is 278 g/mol. The molecule has 0 aliphatic rings. The first kappa shape index (κ1) is 13.9. The minimum Gasteiger partial charge on any atom is -0.313 e. The van der Waals surface area contributed by atoms with Crippen LogP contribution in [0, 0.1) is 6.92 Å². The van der Waals surface area contributed by atoms with E-state index in [-0.39, 0.29) is 0 Å². The lowest BCUT2D eigenvalue weighted by Gasteiger charge is -2.14. The minimum absolute atomic E-state index is 1.06. The highest BCUT2D eigenvalue weighted by Gasteiger charge is 2.14. The summed E-state index contributed by atoms with van der Waals surface area (Å²) in [5, 5.41) is 1.36. The lowest BCUT2D eigenvalue weighted by atomic mass is 10.1. The number of benzene rings is 2. The maximum atomic E-state index is 2.41. The van der Waals surface area contributed by atoms with Crippen LogP contribution >= 0.6 is 0 Å². The van der Waals surface area contributed by atoms with E-state index in [0.717, 1.165) is 13.0 Å². The van der Waals surface area contributed by atoms with Crippen molar-refractivity contribution in [2.45, 2.75) is 13.3 Å². The van der Waals surface area contributed by atoms with Gasteiger partial charge in [0.15, 0.2) is 0 Å². The first-order chi connectivity index (χ1) is 10.2. The molecule has 0 radical (unpaired) electrons. The van der Waals surface area contributed by atoms with E-state index in [1.54, 1.807) is 0 Å². The Morgan fingerprint density at radius 2 is 1.57 bits per heavy atom. The molecule has 0 bridgehead atoms. The van der Waals surface area contributed by atoms with Crippen molar-refractivity contribution >= 4 is 10.9 Å². The van der Waals surface area contributed by atoms with Crippen molar-refractivity contribution in [3.63, 3.8) is 0 Å². The fourth-order valence-electron chi connectivity index (χ4n) is 2.96. The molecule has 0 saturated carbocycles. The van der Waals surface area contributed by atoms with E-state index >= 15 is 0 Å². The summed E-state index contributed by atoms with van der Waals surface area (Å²) in [4.78, 5) is 2.24. The van der Waals surface area contributed by atoms with Crippen LogP contribution in [0.25, 0.3) is 16.6 Å². The van der Waals surface area contributed by atoms with Gasteiger partial charge >= 0.3 is 0 Å². The molecule has 21 heavy (non-hydrogen) atoms. The average Bonchev–Trinajstić information content (AvgIpc) is 2.79. The summed E-state index contributed by atoms with van der Waals surface area (Å²) in [6.45, 7) is 3.30. The van der Waals surface area contributed by atoms with Crippen molar-refractivity contribution in [2.75, 3.05) is 20.6 Å². The van der Waals surface area contributed by atoms with Crippen molar-refractivity contribution < 1.29 is 0 Å². The summed E-state index contributed by atoms with van der Waals surface area (Å²) in [5.41, 5.74) is 5.36. The Balaban J connectivity index is 2.22. The van der Waals surface area contributed by atoms with Crippen molar-refractivity contribution in [1.82, 2.24) is 9.47 Å². The number of rotatable bonds is 4. The van der Waals surface area contributed by atoms with Crippen LogP contribution in [0.5, 0.6) is 0 Å². The molecule has 2 heteroatoms. The van der Waals surface area contributed by atoms with Crippen LogP contribution in [0.4, 0.5) is 0 Å². The van der Waals surface area contributed by atoms with Crippen LogP contribution in [0.3, 0.4) is 0 Å². The van der Waals surface area contributed by atoms with E-state index in [1.807, 2.05) is 0 Å². The number of likely N-dealkylation sites (N-methyl/N-ethyl adjacent to an activating group) is 1. The molecule has 2 nitrogen and oxygen atoms in total. The molecule has 0 atom stereocenters. The van der Waals surface area contributed by atoms with Gasteiger partial charge in [0.2, 0.25) is 0 Å².